The third kappa shape index (κ3) is 127. The Morgan fingerprint density at radius 1 is 1.25 bits per heavy atom. The van der Waals surface area contributed by atoms with Crippen LogP contribution in [-0.4, -0.2) is 52.4 Å². The van der Waals surface area contributed by atoms with E-state index in [0.29, 0.717) is 0 Å². The minimum absolute atomic E-state index is 0. The zero-order valence-corrected chi connectivity index (χ0v) is 4.80. The van der Waals surface area contributed by atoms with Crippen molar-refractivity contribution in [2.75, 3.05) is 0 Å². The van der Waals surface area contributed by atoms with Gasteiger partial charge in [-0.3, -0.25) is 0 Å². The molecule has 0 aliphatic rings. The van der Waals surface area contributed by atoms with Gasteiger partial charge in [0.2, 0.25) is 0 Å². The Labute approximate surface area is 81.2 Å². The van der Waals surface area contributed by atoms with Crippen LogP contribution in [0.5, 0.6) is 0 Å². The summed E-state index contributed by atoms with van der Waals surface area (Å²) in [5.74, 6) is 0. The Morgan fingerprint density at radius 2 is 1.25 bits per heavy atom. The fraction of sp³-hybridized carbons (Fsp3) is 0. The summed E-state index contributed by atoms with van der Waals surface area (Å²) in [6.07, 6.45) is 0. The SMILES string of the molecule is NCl.O=P(O)(O)O.[CaH2]. The van der Waals surface area contributed by atoms with E-state index in [1.54, 1.807) is 0 Å². The van der Waals surface area contributed by atoms with E-state index in [1.807, 2.05) is 0 Å². The van der Waals surface area contributed by atoms with Gasteiger partial charge >= 0.3 is 45.6 Å². The average Bonchev–Trinajstić information content (AvgIpc) is 1.36. The fourth-order valence-corrected chi connectivity index (χ4v) is 0. The van der Waals surface area contributed by atoms with E-state index in [1.165, 1.54) is 0 Å². The second-order valence-corrected chi connectivity index (χ2v) is 1.54. The molecule has 0 amide bonds. The molecule has 0 rings (SSSR count). The van der Waals surface area contributed by atoms with Crippen LogP contribution >= 0.6 is 19.6 Å². The van der Waals surface area contributed by atoms with Crippen LogP contribution in [0, 0.1) is 0 Å². The second kappa shape index (κ2) is 8.62. The topological polar surface area (TPSA) is 104 Å². The second-order valence-electron chi connectivity index (χ2n) is 0.513. The summed E-state index contributed by atoms with van der Waals surface area (Å²) in [6.45, 7) is 0. The van der Waals surface area contributed by atoms with Crippen LogP contribution in [0.25, 0.3) is 0 Å². The normalized spacial score (nSPS) is 8.12. The van der Waals surface area contributed by atoms with Gasteiger partial charge in [0.15, 0.2) is 0 Å². The summed E-state index contributed by atoms with van der Waals surface area (Å²) in [7, 11) is -4.64. The van der Waals surface area contributed by atoms with Gasteiger partial charge in [0.25, 0.3) is 0 Å². The number of hydrogen-bond acceptors (Lipinski definition) is 2. The zero-order valence-electron chi connectivity index (χ0n) is 3.15. The first-order valence-corrected chi connectivity index (χ1v) is 3.00. The number of rotatable bonds is 0. The van der Waals surface area contributed by atoms with E-state index in [9.17, 15) is 0 Å². The molecule has 5 nitrogen and oxygen atoms in total. The van der Waals surface area contributed by atoms with Gasteiger partial charge in [-0.05, 0) is 11.8 Å². The molecular formula is H7CaClNO4P. The molecule has 0 atom stereocenters. The van der Waals surface area contributed by atoms with E-state index < -0.39 is 7.82 Å². The molecule has 0 aromatic heterocycles. The van der Waals surface area contributed by atoms with Crippen molar-refractivity contribution in [2.45, 2.75) is 0 Å². The molecule has 5 N–H and O–H groups in total. The van der Waals surface area contributed by atoms with Gasteiger partial charge in [0.05, 0.1) is 0 Å². The zero-order chi connectivity index (χ0) is 6.50. The van der Waals surface area contributed by atoms with Crippen molar-refractivity contribution >= 4 is 57.3 Å². The van der Waals surface area contributed by atoms with Gasteiger partial charge < -0.3 is 14.7 Å². The van der Waals surface area contributed by atoms with Crippen molar-refractivity contribution in [3.05, 3.63) is 0 Å². The maximum absolute atomic E-state index is 8.88. The summed E-state index contributed by atoms with van der Waals surface area (Å²) in [5, 5.41) is 3.97. The van der Waals surface area contributed by atoms with Crippen molar-refractivity contribution in [2.24, 2.45) is 5.25 Å². The molecule has 0 saturated carbocycles. The fourth-order valence-electron chi connectivity index (χ4n) is 0. The standard InChI is InChI=1S/Ca.ClH2N.H3O4P.2H/c;1-2;1-5(2,3)4;;/h;2H2;(H3,1,2,3,4);;. The molecule has 0 radical (unpaired) electrons. The van der Waals surface area contributed by atoms with Crippen molar-refractivity contribution < 1.29 is 19.2 Å². The molecule has 8 heavy (non-hydrogen) atoms. The van der Waals surface area contributed by atoms with E-state index >= 15 is 0 Å². The van der Waals surface area contributed by atoms with Crippen LogP contribution in [0.15, 0.2) is 0 Å². The molecule has 0 heterocycles. The van der Waals surface area contributed by atoms with E-state index in [2.05, 4.69) is 17.0 Å². The predicted molar refractivity (Wildman–Crippen MR) is 32.8 cm³/mol. The summed E-state index contributed by atoms with van der Waals surface area (Å²) >= 11 is 4.14. The summed E-state index contributed by atoms with van der Waals surface area (Å²) in [4.78, 5) is 21.6. The molecule has 50 valence electrons. The molecule has 0 spiro atoms. The van der Waals surface area contributed by atoms with Gasteiger partial charge in [-0.1, -0.05) is 0 Å². The van der Waals surface area contributed by atoms with Crippen molar-refractivity contribution in [3.8, 4) is 0 Å². The monoisotopic (exact) mass is 191 g/mol. The quantitative estimate of drug-likeness (QED) is 0.207. The Hall–Kier alpha value is 1.62. The Morgan fingerprint density at radius 3 is 1.25 bits per heavy atom. The number of nitrogens with two attached hydrogens (primary N) is 1. The summed E-state index contributed by atoms with van der Waals surface area (Å²) in [6, 6.07) is 0. The van der Waals surface area contributed by atoms with E-state index in [0.717, 1.165) is 0 Å². The third-order valence-corrected chi connectivity index (χ3v) is 0. The first kappa shape index (κ1) is 16.3. The van der Waals surface area contributed by atoms with Gasteiger partial charge in [0, 0.05) is 0 Å². The molecule has 0 bridgehead atoms. The Balaban J connectivity index is -0.0000000750. The molecule has 0 aliphatic carbocycles. The van der Waals surface area contributed by atoms with Crippen LogP contribution in [0.3, 0.4) is 0 Å². The minimum atomic E-state index is -4.64. The number of phosphoric acid groups is 1. The maximum atomic E-state index is 8.88. The molecule has 0 saturated heterocycles. The molecule has 0 fully saturated rings. The van der Waals surface area contributed by atoms with E-state index in [-0.39, 0.29) is 37.7 Å². The molecule has 0 aliphatic heterocycles. The van der Waals surface area contributed by atoms with Crippen LogP contribution in [0.2, 0.25) is 0 Å². The van der Waals surface area contributed by atoms with Gasteiger partial charge in [0.1, 0.15) is 0 Å². The van der Waals surface area contributed by atoms with Crippen molar-refractivity contribution in [1.29, 1.82) is 0 Å². The number of halogens is 1. The van der Waals surface area contributed by atoms with Crippen LogP contribution in [-0.2, 0) is 4.57 Å². The predicted octanol–water partition coefficient (Wildman–Crippen LogP) is -1.75. The first-order valence-electron chi connectivity index (χ1n) is 1.00. The summed E-state index contributed by atoms with van der Waals surface area (Å²) in [5.41, 5.74) is 0. The Kier molecular flexibility index (Phi) is 17.6. The van der Waals surface area contributed by atoms with Crippen LogP contribution < -0.4 is 5.25 Å². The number of hydrogen-bond donors (Lipinski definition) is 4. The Bertz CT molecular complexity index is 62.2. The first-order chi connectivity index (χ1) is 3.00. The van der Waals surface area contributed by atoms with Gasteiger partial charge in [-0.15, -0.1) is 0 Å². The molecule has 8 heteroatoms. The summed E-state index contributed by atoms with van der Waals surface area (Å²) < 4.78 is 8.88. The average molecular weight is 192 g/mol. The molecule has 0 aromatic rings. The van der Waals surface area contributed by atoms with Crippen molar-refractivity contribution in [3.63, 3.8) is 0 Å². The van der Waals surface area contributed by atoms with Crippen LogP contribution in [0.4, 0.5) is 0 Å². The molecule has 0 aromatic carbocycles. The van der Waals surface area contributed by atoms with Crippen LogP contribution in [0.1, 0.15) is 0 Å². The van der Waals surface area contributed by atoms with Crippen molar-refractivity contribution in [1.82, 2.24) is 0 Å². The molecule has 0 unspecified atom stereocenters. The van der Waals surface area contributed by atoms with Gasteiger partial charge in [-0.25, -0.2) is 9.82 Å². The molecular weight excluding hydrogens is 185 g/mol. The van der Waals surface area contributed by atoms with Gasteiger partial charge in [-0.2, -0.15) is 0 Å². The van der Waals surface area contributed by atoms with E-state index in [4.69, 9.17) is 19.2 Å². The third-order valence-electron chi connectivity index (χ3n) is 0.